The number of rotatable bonds is 9. The third-order valence-corrected chi connectivity index (χ3v) is 11.0. The molecule has 1 aliphatic heterocycles. The highest BCUT2D eigenvalue weighted by Crippen LogP contribution is 2.31. The van der Waals surface area contributed by atoms with Gasteiger partial charge in [0.1, 0.15) is 18.1 Å². The lowest BCUT2D eigenvalue weighted by molar-refractivity contribution is -0.181. The molecule has 1 aliphatic carbocycles. The molecular weight excluding hydrogens is 654 g/mol. The Labute approximate surface area is 306 Å². The minimum absolute atomic E-state index is 0.160. The number of hydrogen-bond donors (Lipinski definition) is 0. The van der Waals surface area contributed by atoms with E-state index in [0.717, 1.165) is 32.1 Å². The number of esters is 3. The molecule has 0 unspecified atom stereocenters. The monoisotopic (exact) mass is 721 g/mol. The van der Waals surface area contributed by atoms with E-state index in [1.165, 1.54) is 35.8 Å². The summed E-state index contributed by atoms with van der Waals surface area (Å²) >= 11 is 0. The molecule has 0 aromatic carbocycles. The molecule has 3 amide bonds. The molecule has 2 rings (SSSR count). The minimum Gasteiger partial charge on any atom is -0.450 e. The van der Waals surface area contributed by atoms with Gasteiger partial charge in [0.2, 0.25) is 0 Å². The quantitative estimate of drug-likeness (QED) is 0.231. The summed E-state index contributed by atoms with van der Waals surface area (Å²) in [6, 6.07) is -3.23. The molecule has 292 valence electrons. The summed E-state index contributed by atoms with van der Waals surface area (Å²) in [5, 5.41) is 0. The van der Waals surface area contributed by atoms with Crippen LogP contribution in [0.4, 0.5) is 0 Å². The lowest BCUT2D eigenvalue weighted by atomic mass is 9.84. The summed E-state index contributed by atoms with van der Waals surface area (Å²) in [6.07, 6.45) is 2.50. The van der Waals surface area contributed by atoms with Crippen molar-refractivity contribution in [3.05, 3.63) is 0 Å². The SMILES string of the molecule is CC[C@@H](C)[C@H]1C(=O)O[C@H](C(C)C)C(=O)N(C)[C@@H](CC2CCCCC2)C(=O)O[C@H](C(C)C)C(=O)N(C)[C@@H]([C@H](C)CC)C(=O)O[C@H](C(C)C)C(=O)N1C. The maximum absolute atomic E-state index is 14.3. The summed E-state index contributed by atoms with van der Waals surface area (Å²) in [7, 11) is 4.48. The van der Waals surface area contributed by atoms with Crippen LogP contribution in [-0.2, 0) is 43.0 Å². The highest BCUT2D eigenvalue weighted by atomic mass is 16.6. The maximum atomic E-state index is 14.3. The number of amides is 3. The fourth-order valence-corrected chi connectivity index (χ4v) is 7.18. The summed E-state index contributed by atoms with van der Waals surface area (Å²) < 4.78 is 18.0. The predicted octanol–water partition coefficient (Wildman–Crippen LogP) is 5.25. The zero-order valence-corrected chi connectivity index (χ0v) is 33.6. The van der Waals surface area contributed by atoms with Gasteiger partial charge in [-0.15, -0.1) is 0 Å². The van der Waals surface area contributed by atoms with Gasteiger partial charge in [0, 0.05) is 21.1 Å². The molecule has 1 saturated heterocycles. The van der Waals surface area contributed by atoms with E-state index in [-0.39, 0.29) is 17.8 Å². The third kappa shape index (κ3) is 10.9. The summed E-state index contributed by atoms with van der Waals surface area (Å²) in [5.41, 5.74) is 0. The maximum Gasteiger partial charge on any atom is 0.329 e. The molecule has 0 radical (unpaired) electrons. The second-order valence-electron chi connectivity index (χ2n) is 16.1. The van der Waals surface area contributed by atoms with Gasteiger partial charge in [0.25, 0.3) is 17.7 Å². The lowest BCUT2D eigenvalue weighted by Crippen LogP contribution is -2.57. The zero-order chi connectivity index (χ0) is 38.9. The fraction of sp³-hybridized carbons (Fsp3) is 0.846. The smallest absolute Gasteiger partial charge is 0.329 e. The Morgan fingerprint density at radius 3 is 1.20 bits per heavy atom. The second-order valence-corrected chi connectivity index (χ2v) is 16.1. The van der Waals surface area contributed by atoms with Crippen LogP contribution in [0.25, 0.3) is 0 Å². The molecule has 1 heterocycles. The Kier molecular flexibility index (Phi) is 16.9. The number of likely N-dealkylation sites (N-methyl/N-ethyl adjacent to an activating group) is 3. The minimum atomic E-state index is -1.27. The zero-order valence-electron chi connectivity index (χ0n) is 33.6. The van der Waals surface area contributed by atoms with Crippen molar-refractivity contribution in [3.63, 3.8) is 0 Å². The largest absolute Gasteiger partial charge is 0.450 e. The van der Waals surface area contributed by atoms with Crippen molar-refractivity contribution in [2.24, 2.45) is 35.5 Å². The van der Waals surface area contributed by atoms with Gasteiger partial charge < -0.3 is 28.9 Å². The molecule has 2 fully saturated rings. The molecule has 0 aromatic heterocycles. The van der Waals surface area contributed by atoms with E-state index in [0.29, 0.717) is 19.3 Å². The van der Waals surface area contributed by atoms with Crippen LogP contribution in [0.3, 0.4) is 0 Å². The summed E-state index contributed by atoms with van der Waals surface area (Å²) in [4.78, 5) is 88.9. The second kappa shape index (κ2) is 19.6. The highest BCUT2D eigenvalue weighted by molar-refractivity contribution is 5.94. The van der Waals surface area contributed by atoms with Gasteiger partial charge in [0.05, 0.1) is 0 Å². The molecule has 8 atom stereocenters. The fourth-order valence-electron chi connectivity index (χ4n) is 7.18. The van der Waals surface area contributed by atoms with Crippen LogP contribution in [0.2, 0.25) is 0 Å². The number of hydrogen-bond acceptors (Lipinski definition) is 9. The molecular formula is C39H67N3O9. The first-order valence-corrected chi connectivity index (χ1v) is 19.2. The highest BCUT2D eigenvalue weighted by Gasteiger charge is 2.45. The molecule has 0 spiro atoms. The first-order chi connectivity index (χ1) is 23.8. The van der Waals surface area contributed by atoms with Crippen LogP contribution >= 0.6 is 0 Å². The van der Waals surface area contributed by atoms with Gasteiger partial charge in [-0.05, 0) is 41.9 Å². The van der Waals surface area contributed by atoms with Crippen LogP contribution in [0.1, 0.15) is 121 Å². The van der Waals surface area contributed by atoms with Crippen LogP contribution in [0.5, 0.6) is 0 Å². The standard InChI is InChI=1S/C39H67N3O9/c1-14-25(9)29-38(47)50-31(22(3)4)34(43)40(11)28(21-27-19-17-16-18-20-27)37(46)49-32(23(5)6)35(44)41(12)30(26(10)15-2)39(48)51-33(24(7)8)36(45)42(29)13/h22-33H,14-21H2,1-13H3/t25-,26-,28+,29+,30+,31-,32-,33-/m1/s1. The number of ether oxygens (including phenoxy) is 3. The molecule has 0 aromatic rings. The number of cyclic esters (lactones) is 3. The average molecular weight is 722 g/mol. The summed E-state index contributed by atoms with van der Waals surface area (Å²) in [5.74, 6) is -6.00. The molecule has 2 aliphatic rings. The van der Waals surface area contributed by atoms with Crippen LogP contribution in [0.15, 0.2) is 0 Å². The van der Waals surface area contributed by atoms with Crippen molar-refractivity contribution < 1.29 is 43.0 Å². The molecule has 1 saturated carbocycles. The van der Waals surface area contributed by atoms with Crippen molar-refractivity contribution >= 4 is 35.6 Å². The predicted molar refractivity (Wildman–Crippen MR) is 194 cm³/mol. The molecule has 51 heavy (non-hydrogen) atoms. The molecule has 12 heteroatoms. The van der Waals surface area contributed by atoms with E-state index in [1.54, 1.807) is 41.5 Å². The number of carbonyl (C=O) groups excluding carboxylic acids is 6. The van der Waals surface area contributed by atoms with E-state index in [1.807, 2.05) is 27.7 Å². The van der Waals surface area contributed by atoms with E-state index in [9.17, 15) is 28.8 Å². The Morgan fingerprint density at radius 2 is 0.863 bits per heavy atom. The van der Waals surface area contributed by atoms with Crippen molar-refractivity contribution in [2.75, 3.05) is 21.1 Å². The van der Waals surface area contributed by atoms with Crippen LogP contribution in [-0.4, -0.2) is 108 Å². The summed E-state index contributed by atoms with van der Waals surface area (Å²) in [6.45, 7) is 17.9. The number of nitrogens with zero attached hydrogens (tertiary/aromatic N) is 3. The van der Waals surface area contributed by atoms with E-state index in [2.05, 4.69) is 0 Å². The topological polar surface area (TPSA) is 140 Å². The van der Waals surface area contributed by atoms with Crippen molar-refractivity contribution in [1.82, 2.24) is 14.7 Å². The molecule has 0 bridgehead atoms. The van der Waals surface area contributed by atoms with Gasteiger partial charge in [-0.1, -0.05) is 114 Å². The molecule has 12 nitrogen and oxygen atoms in total. The van der Waals surface area contributed by atoms with Gasteiger partial charge in [-0.2, -0.15) is 0 Å². The lowest BCUT2D eigenvalue weighted by Gasteiger charge is -2.39. The van der Waals surface area contributed by atoms with Gasteiger partial charge in [0.15, 0.2) is 18.3 Å². The van der Waals surface area contributed by atoms with Crippen molar-refractivity contribution in [3.8, 4) is 0 Å². The van der Waals surface area contributed by atoms with Crippen LogP contribution in [0, 0.1) is 35.5 Å². The average Bonchev–Trinajstić information content (AvgIpc) is 3.08. The van der Waals surface area contributed by atoms with Crippen molar-refractivity contribution in [1.29, 1.82) is 0 Å². The number of carbonyl (C=O) groups is 6. The van der Waals surface area contributed by atoms with Crippen LogP contribution < -0.4 is 0 Å². The Hall–Kier alpha value is -3.18. The Bertz CT molecular complexity index is 1200. The van der Waals surface area contributed by atoms with E-state index >= 15 is 0 Å². The van der Waals surface area contributed by atoms with E-state index < -0.39 is 89.8 Å². The first-order valence-electron chi connectivity index (χ1n) is 19.2. The van der Waals surface area contributed by atoms with Crippen molar-refractivity contribution in [2.45, 2.75) is 157 Å². The third-order valence-electron chi connectivity index (χ3n) is 11.0. The van der Waals surface area contributed by atoms with Gasteiger partial charge in [-0.25, -0.2) is 14.4 Å². The Balaban J connectivity index is 2.81. The van der Waals surface area contributed by atoms with Gasteiger partial charge in [-0.3, -0.25) is 14.4 Å². The Morgan fingerprint density at radius 1 is 0.529 bits per heavy atom. The van der Waals surface area contributed by atoms with Gasteiger partial charge >= 0.3 is 17.9 Å². The normalized spacial score (nSPS) is 28.8. The van der Waals surface area contributed by atoms with E-state index in [4.69, 9.17) is 14.2 Å². The molecule has 0 N–H and O–H groups in total. The first kappa shape index (κ1) is 44.0.